The first kappa shape index (κ1) is 30.1. The molecule has 0 aromatic heterocycles. The summed E-state index contributed by atoms with van der Waals surface area (Å²) in [5.74, 6) is -1.15. The molecule has 0 saturated heterocycles. The van der Waals surface area contributed by atoms with Crippen molar-refractivity contribution in [2.24, 2.45) is 10.2 Å². The maximum Gasteiger partial charge on any atom is 0.308 e. The number of anilines is 2. The van der Waals surface area contributed by atoms with Gasteiger partial charge in [-0.25, -0.2) is 0 Å². The van der Waals surface area contributed by atoms with Crippen molar-refractivity contribution in [1.82, 2.24) is 0 Å². The zero-order chi connectivity index (χ0) is 28.9. The van der Waals surface area contributed by atoms with Crippen molar-refractivity contribution in [2.75, 3.05) is 29.9 Å². The number of azo groups is 1. The number of nitrogens with zero attached hydrogens (tertiary/aromatic N) is 6. The van der Waals surface area contributed by atoms with E-state index in [0.29, 0.717) is 18.8 Å². The molecule has 13 heteroatoms. The van der Waals surface area contributed by atoms with Gasteiger partial charge in [0, 0.05) is 37.8 Å². The Morgan fingerprint density at radius 1 is 1.08 bits per heavy atom. The van der Waals surface area contributed by atoms with E-state index < -0.39 is 16.6 Å². The number of hydrogen-bond donors (Lipinski definition) is 1. The van der Waals surface area contributed by atoms with Gasteiger partial charge in [0.2, 0.25) is 5.91 Å². The van der Waals surface area contributed by atoms with Gasteiger partial charge in [0.05, 0.1) is 28.2 Å². The van der Waals surface area contributed by atoms with Crippen molar-refractivity contribution >= 4 is 46.1 Å². The van der Waals surface area contributed by atoms with Crippen molar-refractivity contribution in [3.63, 3.8) is 0 Å². The Bertz CT molecular complexity index is 1340. The van der Waals surface area contributed by atoms with Crippen LogP contribution in [-0.4, -0.2) is 42.3 Å². The molecule has 202 valence electrons. The third kappa shape index (κ3) is 9.02. The molecule has 0 radical (unpaired) electrons. The number of benzene rings is 2. The normalized spacial score (nSPS) is 10.4. The second kappa shape index (κ2) is 14.5. The average Bonchev–Trinajstić information content (AvgIpc) is 2.90. The first-order chi connectivity index (χ1) is 18.6. The molecule has 1 N–H and O–H groups in total. The predicted molar refractivity (Wildman–Crippen MR) is 141 cm³/mol. The maximum atomic E-state index is 12.0. The first-order valence-electron chi connectivity index (χ1n) is 12.0. The molecule has 0 aliphatic rings. The number of non-ortho nitro benzene ring substituents is 1. The summed E-state index contributed by atoms with van der Waals surface area (Å²) in [4.78, 5) is 47.3. The minimum atomic E-state index is -0.719. The molecule has 1 amide bonds. The number of carbonyl (C=O) groups excluding carboxylic acids is 3. The molecule has 2 aromatic carbocycles. The van der Waals surface area contributed by atoms with Gasteiger partial charge in [0.25, 0.3) is 5.69 Å². The van der Waals surface area contributed by atoms with E-state index in [1.807, 2.05) is 11.8 Å². The topological polar surface area (TPSA) is 191 Å². The highest BCUT2D eigenvalue weighted by Crippen LogP contribution is 2.34. The number of amides is 1. The van der Waals surface area contributed by atoms with Crippen LogP contribution >= 0.6 is 0 Å². The van der Waals surface area contributed by atoms with Crippen LogP contribution in [0, 0.1) is 32.8 Å². The summed E-state index contributed by atoms with van der Waals surface area (Å²) in [6, 6.07) is 10.5. The van der Waals surface area contributed by atoms with E-state index in [2.05, 4.69) is 15.5 Å². The molecule has 13 nitrogen and oxygen atoms in total. The van der Waals surface area contributed by atoms with Gasteiger partial charge >= 0.3 is 5.97 Å². The lowest BCUT2D eigenvalue weighted by atomic mass is 10.1. The average molecular weight is 534 g/mol. The molecule has 39 heavy (non-hydrogen) atoms. The van der Waals surface area contributed by atoms with E-state index in [9.17, 15) is 35.0 Å². The molecule has 0 unspecified atom stereocenters. The number of carbonyl (C=O) groups is 3. The van der Waals surface area contributed by atoms with Gasteiger partial charge in [-0.1, -0.05) is 13.3 Å². The van der Waals surface area contributed by atoms with Crippen LogP contribution in [0.15, 0.2) is 40.6 Å². The molecule has 2 rings (SSSR count). The van der Waals surface area contributed by atoms with E-state index in [1.165, 1.54) is 13.8 Å². The van der Waals surface area contributed by atoms with Crippen LogP contribution in [0.5, 0.6) is 0 Å². The van der Waals surface area contributed by atoms with Crippen molar-refractivity contribution in [2.45, 2.75) is 40.0 Å². The lowest BCUT2D eigenvalue weighted by molar-refractivity contribution is -0.384. The molecule has 0 spiro atoms. The van der Waals surface area contributed by atoms with Crippen LogP contribution in [-0.2, 0) is 19.1 Å². The minimum Gasteiger partial charge on any atom is -0.458 e. The number of nitriles is 2. The van der Waals surface area contributed by atoms with Crippen LogP contribution in [0.1, 0.15) is 51.2 Å². The molecule has 0 atom stereocenters. The Balaban J connectivity index is 2.43. The summed E-state index contributed by atoms with van der Waals surface area (Å²) in [5, 5.41) is 40.8. The third-order valence-electron chi connectivity index (χ3n) is 5.26. The van der Waals surface area contributed by atoms with E-state index in [4.69, 9.17) is 4.74 Å². The number of ether oxygens (including phenoxy) is 1. The second-order valence-electron chi connectivity index (χ2n) is 8.41. The van der Waals surface area contributed by atoms with E-state index in [-0.39, 0.29) is 52.9 Å². The molecular formula is C26H27N7O6. The zero-order valence-electron chi connectivity index (χ0n) is 21.8. The Hall–Kier alpha value is -5.17. The number of ketones is 1. The van der Waals surface area contributed by atoms with Gasteiger partial charge in [-0.3, -0.25) is 24.5 Å². The molecule has 2 aromatic rings. The number of hydrogen-bond acceptors (Lipinski definition) is 11. The van der Waals surface area contributed by atoms with Crippen LogP contribution in [0.25, 0.3) is 0 Å². The van der Waals surface area contributed by atoms with Crippen molar-refractivity contribution in [3.05, 3.63) is 51.6 Å². The highest BCUT2D eigenvalue weighted by molar-refractivity contribution is 5.93. The highest BCUT2D eigenvalue weighted by atomic mass is 16.6. The summed E-state index contributed by atoms with van der Waals surface area (Å²) >= 11 is 0. The standard InChI is InChI=1S/C26H27N7O6/c1-4-5-9-32(10-8-25(36)39-16-17(2)34)21-6-7-23(24(13-21)29-18(3)35)30-31-26-19(14-27)11-22(33(37)38)12-20(26)15-28/h6-7,11-13H,4-5,8-10,16H2,1-3H3,(H,29,35). The molecule has 0 aliphatic carbocycles. The van der Waals surface area contributed by atoms with Gasteiger partial charge in [0.15, 0.2) is 5.78 Å². The van der Waals surface area contributed by atoms with Crippen LogP contribution in [0.4, 0.5) is 28.4 Å². The molecule has 0 heterocycles. The fourth-order valence-corrected chi connectivity index (χ4v) is 3.40. The van der Waals surface area contributed by atoms with Crippen LogP contribution in [0.2, 0.25) is 0 Å². The summed E-state index contributed by atoms with van der Waals surface area (Å²) in [5.41, 5.74) is 0.185. The van der Waals surface area contributed by atoms with Crippen molar-refractivity contribution in [1.29, 1.82) is 10.5 Å². The van der Waals surface area contributed by atoms with E-state index >= 15 is 0 Å². The maximum absolute atomic E-state index is 12.0. The Labute approximate surface area is 224 Å². The molecule has 0 fully saturated rings. The molecule has 0 saturated carbocycles. The number of nitrogens with one attached hydrogen (secondary N) is 1. The smallest absolute Gasteiger partial charge is 0.308 e. The second-order valence-corrected chi connectivity index (χ2v) is 8.41. The molecular weight excluding hydrogens is 506 g/mol. The molecule has 0 aliphatic heterocycles. The SMILES string of the molecule is CCCCN(CCC(=O)OCC(C)=O)c1ccc(N=Nc2c(C#N)cc([N+](=O)[O-])cc2C#N)c(NC(C)=O)c1. The molecule has 0 bridgehead atoms. The third-order valence-corrected chi connectivity index (χ3v) is 5.26. The quantitative estimate of drug-likeness (QED) is 0.162. The summed E-state index contributed by atoms with van der Waals surface area (Å²) in [7, 11) is 0. The van der Waals surface area contributed by atoms with Gasteiger partial charge < -0.3 is 15.0 Å². The first-order valence-corrected chi connectivity index (χ1v) is 12.0. The number of Topliss-reactive ketones (excluding diaryl/α,β-unsaturated/α-hetero) is 1. The van der Waals surface area contributed by atoms with Gasteiger partial charge in [-0.05, 0) is 31.5 Å². The summed E-state index contributed by atoms with van der Waals surface area (Å²) in [6.45, 7) is 5.29. The van der Waals surface area contributed by atoms with Gasteiger partial charge in [0.1, 0.15) is 30.1 Å². The summed E-state index contributed by atoms with van der Waals surface area (Å²) < 4.78 is 4.94. The Morgan fingerprint density at radius 3 is 2.28 bits per heavy atom. The lowest BCUT2D eigenvalue weighted by Crippen LogP contribution is -2.28. The largest absolute Gasteiger partial charge is 0.458 e. The monoisotopic (exact) mass is 533 g/mol. The van der Waals surface area contributed by atoms with E-state index in [1.54, 1.807) is 30.3 Å². The number of esters is 1. The van der Waals surface area contributed by atoms with Crippen molar-refractivity contribution < 1.29 is 24.0 Å². The fourth-order valence-electron chi connectivity index (χ4n) is 3.40. The predicted octanol–water partition coefficient (Wildman–Crippen LogP) is 4.84. The van der Waals surface area contributed by atoms with Crippen LogP contribution < -0.4 is 10.2 Å². The van der Waals surface area contributed by atoms with E-state index in [0.717, 1.165) is 25.0 Å². The Morgan fingerprint density at radius 2 is 1.74 bits per heavy atom. The van der Waals surface area contributed by atoms with Crippen molar-refractivity contribution in [3.8, 4) is 12.1 Å². The number of unbranched alkanes of at least 4 members (excludes halogenated alkanes) is 1. The number of rotatable bonds is 13. The van der Waals surface area contributed by atoms with Crippen LogP contribution in [0.3, 0.4) is 0 Å². The lowest BCUT2D eigenvalue weighted by Gasteiger charge is -2.25. The number of nitro groups is 1. The fraction of sp³-hybridized carbons (Fsp3) is 0.346. The zero-order valence-corrected chi connectivity index (χ0v) is 21.8. The Kier molecular flexibility index (Phi) is 11.2. The highest BCUT2D eigenvalue weighted by Gasteiger charge is 2.18. The number of nitro benzene ring substituents is 1. The summed E-state index contributed by atoms with van der Waals surface area (Å²) in [6.07, 6.45) is 1.77. The van der Waals surface area contributed by atoms with Gasteiger partial charge in [-0.15, -0.1) is 10.2 Å². The minimum absolute atomic E-state index is 0.0436. The van der Waals surface area contributed by atoms with Gasteiger partial charge in [-0.2, -0.15) is 10.5 Å².